The molecule has 2 atom stereocenters. The topological polar surface area (TPSA) is 91.2 Å². The van der Waals surface area contributed by atoms with Crippen molar-refractivity contribution in [3.63, 3.8) is 0 Å². The van der Waals surface area contributed by atoms with E-state index >= 15 is 0 Å². The molecule has 0 unspecified atom stereocenters. The molecule has 0 spiro atoms. The van der Waals surface area contributed by atoms with Crippen molar-refractivity contribution in [1.82, 2.24) is 24.2 Å². The summed E-state index contributed by atoms with van der Waals surface area (Å²) < 4.78 is 10.2. The van der Waals surface area contributed by atoms with E-state index in [2.05, 4.69) is 35.0 Å². The van der Waals surface area contributed by atoms with Crippen molar-refractivity contribution in [2.75, 3.05) is 13.2 Å². The van der Waals surface area contributed by atoms with Crippen LogP contribution in [0.2, 0.25) is 5.02 Å². The van der Waals surface area contributed by atoms with Crippen LogP contribution in [0, 0.1) is 6.92 Å². The summed E-state index contributed by atoms with van der Waals surface area (Å²) in [5.41, 5.74) is 9.38. The fraction of sp³-hybridized carbons (Fsp3) is 0.519. The number of amides is 1. The van der Waals surface area contributed by atoms with Crippen molar-refractivity contribution < 1.29 is 9.53 Å². The summed E-state index contributed by atoms with van der Waals surface area (Å²) in [5.74, 6) is 0.0219. The molecular weight excluding hydrogens is 476 g/mol. The molecule has 1 saturated heterocycles. The number of carbonyl (C=O) groups excluding carboxylic acids is 1. The largest absolute Gasteiger partial charge is 0.373 e. The normalized spacial score (nSPS) is 25.2. The van der Waals surface area contributed by atoms with Crippen LogP contribution in [0.15, 0.2) is 42.9 Å². The van der Waals surface area contributed by atoms with Crippen molar-refractivity contribution in [3.8, 4) is 0 Å². The van der Waals surface area contributed by atoms with Gasteiger partial charge < -0.3 is 15.0 Å². The average Bonchev–Trinajstić information content (AvgIpc) is 3.48. The maximum atomic E-state index is 11.4. The van der Waals surface area contributed by atoms with Crippen molar-refractivity contribution in [2.45, 2.75) is 69.7 Å². The Morgan fingerprint density at radius 3 is 2.58 bits per heavy atom. The second kappa shape index (κ2) is 10.7. The van der Waals surface area contributed by atoms with E-state index in [4.69, 9.17) is 27.2 Å². The molecule has 36 heavy (non-hydrogen) atoms. The summed E-state index contributed by atoms with van der Waals surface area (Å²) in [4.78, 5) is 18.2. The van der Waals surface area contributed by atoms with Gasteiger partial charge in [0.05, 0.1) is 31.3 Å². The lowest BCUT2D eigenvalue weighted by Crippen LogP contribution is -2.56. The molecule has 1 saturated carbocycles. The highest BCUT2D eigenvalue weighted by Gasteiger charge is 2.36. The lowest BCUT2D eigenvalue weighted by atomic mass is 9.82. The molecule has 8 nitrogen and oxygen atoms in total. The molecule has 9 heteroatoms. The van der Waals surface area contributed by atoms with Crippen LogP contribution in [0.1, 0.15) is 59.0 Å². The molecule has 2 fully saturated rings. The van der Waals surface area contributed by atoms with Crippen LogP contribution in [0.4, 0.5) is 0 Å². The van der Waals surface area contributed by atoms with E-state index in [-0.39, 0.29) is 11.8 Å². The molecule has 0 bridgehead atoms. The first-order valence-electron chi connectivity index (χ1n) is 12.8. The zero-order chi connectivity index (χ0) is 25.2. The van der Waals surface area contributed by atoms with Gasteiger partial charge in [0.1, 0.15) is 5.69 Å². The van der Waals surface area contributed by atoms with Crippen LogP contribution in [0.3, 0.4) is 0 Å². The molecule has 3 heterocycles. The van der Waals surface area contributed by atoms with E-state index in [0.29, 0.717) is 31.2 Å². The molecule has 3 aromatic rings. The van der Waals surface area contributed by atoms with Gasteiger partial charge in [0, 0.05) is 48.5 Å². The number of nitrogens with zero attached hydrogens (tertiary/aromatic N) is 5. The van der Waals surface area contributed by atoms with Gasteiger partial charge in [0.25, 0.3) is 5.91 Å². The van der Waals surface area contributed by atoms with Crippen molar-refractivity contribution >= 4 is 17.5 Å². The number of hydrogen-bond donors (Lipinski definition) is 1. The third-order valence-electron chi connectivity index (χ3n) is 7.81. The Hall–Kier alpha value is -2.68. The number of halogens is 1. The summed E-state index contributed by atoms with van der Waals surface area (Å²) in [6.07, 6.45) is 8.93. The Kier molecular flexibility index (Phi) is 7.46. The lowest BCUT2D eigenvalue weighted by Gasteiger charge is -2.46. The number of morpholine rings is 1. The number of benzene rings is 1. The van der Waals surface area contributed by atoms with Gasteiger partial charge in [0.15, 0.2) is 0 Å². The Balaban J connectivity index is 1.28. The molecular formula is C27H35ClN6O2. The molecule has 2 N–H and O–H groups in total. The predicted molar refractivity (Wildman–Crippen MR) is 139 cm³/mol. The minimum atomic E-state index is -0.511. The fourth-order valence-electron chi connectivity index (χ4n) is 5.72. The summed E-state index contributed by atoms with van der Waals surface area (Å²) in [6, 6.07) is 11.2. The first-order chi connectivity index (χ1) is 17.4. The standard InChI is InChI=1S/C27H35ClN6O2/c1-18-11-25(31-32(18)2)20-5-9-22(10-6-20)34-14-24(13-33-15-26(27(29)35)30-17-33)36-16-23(34)12-19-3-7-21(28)8-4-19/h3-4,7-8,11,15,17,20,22-24H,5-6,9-10,12-14,16H2,1-2H3,(H2,29,35)/t20?,22?,23-,24+/m0/s1. The summed E-state index contributed by atoms with van der Waals surface area (Å²) >= 11 is 6.12. The van der Waals surface area contributed by atoms with Crippen molar-refractivity contribution in [3.05, 3.63) is 70.5 Å². The van der Waals surface area contributed by atoms with Crippen LogP contribution in [-0.4, -0.2) is 61.5 Å². The lowest BCUT2D eigenvalue weighted by molar-refractivity contribution is -0.0895. The molecule has 1 aliphatic heterocycles. The van der Waals surface area contributed by atoms with Gasteiger partial charge in [-0.1, -0.05) is 23.7 Å². The van der Waals surface area contributed by atoms with E-state index in [1.807, 2.05) is 28.4 Å². The predicted octanol–water partition coefficient (Wildman–Crippen LogP) is 3.72. The fourth-order valence-corrected chi connectivity index (χ4v) is 5.85. The quantitative estimate of drug-likeness (QED) is 0.523. The molecule has 1 aromatic carbocycles. The van der Waals surface area contributed by atoms with Crippen LogP contribution in [0.5, 0.6) is 0 Å². The third-order valence-corrected chi connectivity index (χ3v) is 8.06. The van der Waals surface area contributed by atoms with Gasteiger partial charge in [-0.05, 0) is 62.8 Å². The van der Waals surface area contributed by atoms with E-state index in [9.17, 15) is 4.79 Å². The number of imidazole rings is 1. The molecule has 2 aromatic heterocycles. The van der Waals surface area contributed by atoms with Crippen LogP contribution in [-0.2, 0) is 24.8 Å². The highest BCUT2D eigenvalue weighted by Crippen LogP contribution is 2.36. The smallest absolute Gasteiger partial charge is 0.268 e. The molecule has 5 rings (SSSR count). The zero-order valence-corrected chi connectivity index (χ0v) is 21.8. The summed E-state index contributed by atoms with van der Waals surface area (Å²) in [6.45, 7) is 4.28. The minimum absolute atomic E-state index is 0.0255. The number of hydrogen-bond acceptors (Lipinski definition) is 5. The first kappa shape index (κ1) is 25.0. The average molecular weight is 511 g/mol. The maximum Gasteiger partial charge on any atom is 0.268 e. The second-order valence-electron chi connectivity index (χ2n) is 10.3. The van der Waals surface area contributed by atoms with Crippen LogP contribution < -0.4 is 5.73 Å². The number of aromatic nitrogens is 4. The molecule has 1 aliphatic carbocycles. The van der Waals surface area contributed by atoms with Gasteiger partial charge in [0.2, 0.25) is 0 Å². The van der Waals surface area contributed by atoms with Gasteiger partial charge in [-0.2, -0.15) is 5.10 Å². The number of primary amides is 1. The first-order valence-corrected chi connectivity index (χ1v) is 13.2. The molecule has 2 aliphatic rings. The monoisotopic (exact) mass is 510 g/mol. The zero-order valence-electron chi connectivity index (χ0n) is 21.0. The van der Waals surface area contributed by atoms with E-state index in [1.165, 1.54) is 17.0 Å². The Bertz CT molecular complexity index is 1160. The third kappa shape index (κ3) is 5.66. The molecule has 192 valence electrons. The highest BCUT2D eigenvalue weighted by atomic mass is 35.5. The summed E-state index contributed by atoms with van der Waals surface area (Å²) in [5, 5.41) is 5.51. The number of carbonyl (C=O) groups is 1. The maximum absolute atomic E-state index is 11.4. The van der Waals surface area contributed by atoms with Gasteiger partial charge in [-0.25, -0.2) is 4.98 Å². The van der Waals surface area contributed by atoms with Crippen LogP contribution in [0.25, 0.3) is 0 Å². The van der Waals surface area contributed by atoms with E-state index in [1.54, 1.807) is 12.5 Å². The minimum Gasteiger partial charge on any atom is -0.373 e. The van der Waals surface area contributed by atoms with E-state index < -0.39 is 5.91 Å². The number of aryl methyl sites for hydroxylation is 2. The number of nitrogens with two attached hydrogens (primary N) is 1. The Morgan fingerprint density at radius 2 is 1.94 bits per heavy atom. The number of rotatable bonds is 7. The van der Waals surface area contributed by atoms with Gasteiger partial charge in [-0.3, -0.25) is 14.4 Å². The molecule has 1 amide bonds. The SMILES string of the molecule is Cc1cc(C2CCC(N3C[C@@H](Cn4cnc(C(N)=O)c4)OC[C@@H]3Cc3ccc(Cl)cc3)CC2)nn1C. The molecule has 0 radical (unpaired) electrons. The highest BCUT2D eigenvalue weighted by molar-refractivity contribution is 6.30. The van der Waals surface area contributed by atoms with E-state index in [0.717, 1.165) is 43.7 Å². The Labute approximate surface area is 217 Å². The number of ether oxygens (including phenoxy) is 1. The second-order valence-corrected chi connectivity index (χ2v) is 10.7. The Morgan fingerprint density at radius 1 is 1.19 bits per heavy atom. The summed E-state index contributed by atoms with van der Waals surface area (Å²) in [7, 11) is 2.02. The van der Waals surface area contributed by atoms with Gasteiger partial charge >= 0.3 is 0 Å². The van der Waals surface area contributed by atoms with Crippen molar-refractivity contribution in [1.29, 1.82) is 0 Å². The van der Waals surface area contributed by atoms with Crippen LogP contribution >= 0.6 is 11.6 Å². The van der Waals surface area contributed by atoms with Crippen molar-refractivity contribution in [2.24, 2.45) is 12.8 Å². The van der Waals surface area contributed by atoms with Gasteiger partial charge in [-0.15, -0.1) is 0 Å².